The van der Waals surface area contributed by atoms with Crippen molar-refractivity contribution in [1.29, 1.82) is 0 Å². The average Bonchev–Trinajstić information content (AvgIpc) is 2.17. The highest BCUT2D eigenvalue weighted by Gasteiger charge is 2.00. The molecule has 0 amide bonds. The van der Waals surface area contributed by atoms with Gasteiger partial charge < -0.3 is 4.74 Å². The van der Waals surface area contributed by atoms with Crippen molar-refractivity contribution in [3.63, 3.8) is 0 Å². The molecule has 0 aliphatic heterocycles. The number of allylic oxidation sites excluding steroid dienone is 1. The zero-order chi connectivity index (χ0) is 10.4. The standard InChI is InChI=1S/C13H16O/c1-4-7-12-8-5-6-9-13(12)14-10-11(2)3/h4-6,8-9H,1-2,7,10H2,3H3. The number of hydrogen-bond donors (Lipinski definition) is 0. The van der Waals surface area contributed by atoms with Crippen LogP contribution < -0.4 is 4.74 Å². The molecule has 0 aliphatic carbocycles. The fourth-order valence-electron chi connectivity index (χ4n) is 1.17. The topological polar surface area (TPSA) is 9.23 Å². The number of benzene rings is 1. The highest BCUT2D eigenvalue weighted by Crippen LogP contribution is 2.19. The molecule has 14 heavy (non-hydrogen) atoms. The molecule has 1 aromatic carbocycles. The van der Waals surface area contributed by atoms with Crippen molar-refractivity contribution >= 4 is 0 Å². The van der Waals surface area contributed by atoms with E-state index in [1.807, 2.05) is 31.2 Å². The lowest BCUT2D eigenvalue weighted by Crippen LogP contribution is -2.00. The molecular formula is C13H16O. The van der Waals surface area contributed by atoms with E-state index in [0.717, 1.165) is 17.7 Å². The summed E-state index contributed by atoms with van der Waals surface area (Å²) in [6, 6.07) is 8.00. The molecule has 0 saturated heterocycles. The van der Waals surface area contributed by atoms with E-state index in [9.17, 15) is 0 Å². The van der Waals surface area contributed by atoms with Crippen molar-refractivity contribution in [3.05, 3.63) is 54.6 Å². The Morgan fingerprint density at radius 3 is 2.79 bits per heavy atom. The number of para-hydroxylation sites is 1. The van der Waals surface area contributed by atoms with Gasteiger partial charge >= 0.3 is 0 Å². The van der Waals surface area contributed by atoms with Crippen LogP contribution in [-0.2, 0) is 6.42 Å². The van der Waals surface area contributed by atoms with E-state index in [-0.39, 0.29) is 0 Å². The molecule has 1 nitrogen and oxygen atoms in total. The van der Waals surface area contributed by atoms with Crippen molar-refractivity contribution in [2.75, 3.05) is 6.61 Å². The van der Waals surface area contributed by atoms with E-state index in [1.54, 1.807) is 0 Å². The second-order valence-corrected chi connectivity index (χ2v) is 3.35. The minimum atomic E-state index is 0.578. The van der Waals surface area contributed by atoms with Crippen LogP contribution in [0.25, 0.3) is 0 Å². The number of ether oxygens (including phenoxy) is 1. The van der Waals surface area contributed by atoms with Gasteiger partial charge in [-0.15, -0.1) is 6.58 Å². The van der Waals surface area contributed by atoms with Gasteiger partial charge in [0.25, 0.3) is 0 Å². The maximum Gasteiger partial charge on any atom is 0.123 e. The van der Waals surface area contributed by atoms with Crippen molar-refractivity contribution < 1.29 is 4.74 Å². The second-order valence-electron chi connectivity index (χ2n) is 3.35. The number of hydrogen-bond acceptors (Lipinski definition) is 1. The summed E-state index contributed by atoms with van der Waals surface area (Å²) in [5.41, 5.74) is 2.20. The minimum absolute atomic E-state index is 0.578. The van der Waals surface area contributed by atoms with Crippen LogP contribution in [-0.4, -0.2) is 6.61 Å². The van der Waals surface area contributed by atoms with Crippen molar-refractivity contribution in [3.8, 4) is 5.75 Å². The van der Waals surface area contributed by atoms with Gasteiger partial charge in [-0.25, -0.2) is 0 Å². The van der Waals surface area contributed by atoms with E-state index in [0.29, 0.717) is 6.61 Å². The molecular weight excluding hydrogens is 172 g/mol. The lowest BCUT2D eigenvalue weighted by molar-refractivity contribution is 0.349. The molecule has 74 valence electrons. The fourth-order valence-corrected chi connectivity index (χ4v) is 1.17. The first-order chi connectivity index (χ1) is 6.74. The third-order valence-electron chi connectivity index (χ3n) is 1.81. The molecule has 0 aromatic heterocycles. The molecule has 0 unspecified atom stereocenters. The van der Waals surface area contributed by atoms with Crippen LogP contribution in [0.2, 0.25) is 0 Å². The van der Waals surface area contributed by atoms with Gasteiger partial charge in [-0.1, -0.05) is 30.9 Å². The highest BCUT2D eigenvalue weighted by atomic mass is 16.5. The Morgan fingerprint density at radius 2 is 2.14 bits per heavy atom. The van der Waals surface area contributed by atoms with Gasteiger partial charge in [0.15, 0.2) is 0 Å². The molecule has 0 bridgehead atoms. The molecule has 0 fully saturated rings. The Labute approximate surface area is 85.7 Å². The van der Waals surface area contributed by atoms with Crippen LogP contribution in [0, 0.1) is 0 Å². The predicted molar refractivity (Wildman–Crippen MR) is 60.7 cm³/mol. The van der Waals surface area contributed by atoms with Crippen LogP contribution in [0.1, 0.15) is 12.5 Å². The van der Waals surface area contributed by atoms with Crippen molar-refractivity contribution in [2.24, 2.45) is 0 Å². The lowest BCUT2D eigenvalue weighted by Gasteiger charge is -2.09. The lowest BCUT2D eigenvalue weighted by atomic mass is 10.1. The van der Waals surface area contributed by atoms with E-state index >= 15 is 0 Å². The molecule has 1 heteroatoms. The first kappa shape index (κ1) is 10.6. The number of rotatable bonds is 5. The SMILES string of the molecule is C=CCc1ccccc1OCC(=C)C. The normalized spacial score (nSPS) is 9.50. The van der Waals surface area contributed by atoms with Crippen LogP contribution in [0.5, 0.6) is 5.75 Å². The van der Waals surface area contributed by atoms with E-state index in [2.05, 4.69) is 19.2 Å². The summed E-state index contributed by atoms with van der Waals surface area (Å²) in [6.45, 7) is 10.1. The summed E-state index contributed by atoms with van der Waals surface area (Å²) >= 11 is 0. The molecule has 0 radical (unpaired) electrons. The summed E-state index contributed by atoms with van der Waals surface area (Å²) < 4.78 is 5.60. The Balaban J connectivity index is 2.73. The van der Waals surface area contributed by atoms with E-state index < -0.39 is 0 Å². The van der Waals surface area contributed by atoms with Gasteiger partial charge in [-0.3, -0.25) is 0 Å². The van der Waals surface area contributed by atoms with Crippen LogP contribution in [0.4, 0.5) is 0 Å². The van der Waals surface area contributed by atoms with Gasteiger partial charge in [0.2, 0.25) is 0 Å². The van der Waals surface area contributed by atoms with Gasteiger partial charge in [0.1, 0.15) is 12.4 Å². The van der Waals surface area contributed by atoms with Crippen molar-refractivity contribution in [1.82, 2.24) is 0 Å². The smallest absolute Gasteiger partial charge is 0.123 e. The molecule has 0 atom stereocenters. The molecule has 1 aromatic rings. The van der Waals surface area contributed by atoms with Crippen LogP contribution in [0.15, 0.2) is 49.1 Å². The van der Waals surface area contributed by atoms with Crippen molar-refractivity contribution in [2.45, 2.75) is 13.3 Å². The summed E-state index contributed by atoms with van der Waals surface area (Å²) in [5, 5.41) is 0. The van der Waals surface area contributed by atoms with Gasteiger partial charge in [0.05, 0.1) is 0 Å². The highest BCUT2D eigenvalue weighted by molar-refractivity contribution is 5.34. The van der Waals surface area contributed by atoms with Crippen LogP contribution >= 0.6 is 0 Å². The maximum atomic E-state index is 5.60. The van der Waals surface area contributed by atoms with E-state index in [1.165, 1.54) is 5.56 Å². The molecule has 0 spiro atoms. The zero-order valence-electron chi connectivity index (χ0n) is 8.62. The summed E-state index contributed by atoms with van der Waals surface area (Å²) in [4.78, 5) is 0. The fraction of sp³-hybridized carbons (Fsp3) is 0.231. The maximum absolute atomic E-state index is 5.60. The molecule has 0 saturated carbocycles. The first-order valence-electron chi connectivity index (χ1n) is 4.70. The predicted octanol–water partition coefficient (Wildman–Crippen LogP) is 3.37. The van der Waals surface area contributed by atoms with Gasteiger partial charge in [0, 0.05) is 0 Å². The molecule has 1 rings (SSSR count). The molecule has 0 aliphatic rings. The Morgan fingerprint density at radius 1 is 1.43 bits per heavy atom. The quantitative estimate of drug-likeness (QED) is 0.644. The first-order valence-corrected chi connectivity index (χ1v) is 4.70. The second kappa shape index (κ2) is 5.28. The minimum Gasteiger partial charge on any atom is -0.489 e. The van der Waals surface area contributed by atoms with Crippen LogP contribution in [0.3, 0.4) is 0 Å². The third-order valence-corrected chi connectivity index (χ3v) is 1.81. The third kappa shape index (κ3) is 3.09. The van der Waals surface area contributed by atoms with Gasteiger partial charge in [-0.05, 0) is 30.5 Å². The summed E-state index contributed by atoms with van der Waals surface area (Å²) in [5.74, 6) is 0.926. The zero-order valence-corrected chi connectivity index (χ0v) is 8.62. The Bertz CT molecular complexity index is 326. The summed E-state index contributed by atoms with van der Waals surface area (Å²) in [6.07, 6.45) is 2.72. The molecule has 0 heterocycles. The summed E-state index contributed by atoms with van der Waals surface area (Å²) in [7, 11) is 0. The van der Waals surface area contributed by atoms with E-state index in [4.69, 9.17) is 4.74 Å². The molecule has 0 N–H and O–H groups in total. The van der Waals surface area contributed by atoms with Gasteiger partial charge in [-0.2, -0.15) is 0 Å². The Kier molecular flexibility index (Phi) is 3.99. The largest absolute Gasteiger partial charge is 0.489 e. The average molecular weight is 188 g/mol. The Hall–Kier alpha value is -1.50. The monoisotopic (exact) mass is 188 g/mol.